The molecule has 1 fully saturated rings. The predicted octanol–water partition coefficient (Wildman–Crippen LogP) is 4.41. The second-order valence-electron chi connectivity index (χ2n) is 5.89. The van der Waals surface area contributed by atoms with Crippen LogP contribution in [0.1, 0.15) is 58.6 Å². The van der Waals surface area contributed by atoms with Gasteiger partial charge in [0.1, 0.15) is 0 Å². The molecule has 110 valence electrons. The van der Waals surface area contributed by atoms with E-state index in [0.717, 1.165) is 16.8 Å². The standard InChI is InChI=1S/C16H22BrNOS/c17-9-10-18(13-6-2-1-3-7-13)16(19)15-11-12-5-4-8-14(12)20-15/h11,13H,1-10H2. The molecule has 3 rings (SSSR count). The second-order valence-corrected chi connectivity index (χ2v) is 7.82. The summed E-state index contributed by atoms with van der Waals surface area (Å²) in [4.78, 5) is 17.4. The number of nitrogens with zero attached hydrogens (tertiary/aromatic N) is 1. The quantitative estimate of drug-likeness (QED) is 0.732. The van der Waals surface area contributed by atoms with Crippen molar-refractivity contribution >= 4 is 33.2 Å². The van der Waals surface area contributed by atoms with E-state index in [-0.39, 0.29) is 5.91 Å². The Morgan fingerprint density at radius 1 is 1.25 bits per heavy atom. The van der Waals surface area contributed by atoms with E-state index in [1.54, 1.807) is 11.3 Å². The predicted molar refractivity (Wildman–Crippen MR) is 88.0 cm³/mol. The van der Waals surface area contributed by atoms with Crippen LogP contribution in [0.25, 0.3) is 0 Å². The number of hydrogen-bond acceptors (Lipinski definition) is 2. The maximum atomic E-state index is 12.9. The normalized spacial score (nSPS) is 19.1. The molecule has 1 aromatic heterocycles. The monoisotopic (exact) mass is 355 g/mol. The average Bonchev–Trinajstić information content (AvgIpc) is 3.06. The first-order chi connectivity index (χ1) is 9.79. The lowest BCUT2D eigenvalue weighted by Gasteiger charge is -2.33. The molecule has 1 saturated carbocycles. The molecule has 2 aliphatic rings. The summed E-state index contributed by atoms with van der Waals surface area (Å²) in [7, 11) is 0. The van der Waals surface area contributed by atoms with Crippen LogP contribution in [-0.4, -0.2) is 28.7 Å². The van der Waals surface area contributed by atoms with E-state index in [2.05, 4.69) is 26.9 Å². The molecule has 4 heteroatoms. The van der Waals surface area contributed by atoms with Crippen LogP contribution in [0.4, 0.5) is 0 Å². The summed E-state index contributed by atoms with van der Waals surface area (Å²) in [5, 5.41) is 0.875. The van der Waals surface area contributed by atoms with Crippen molar-refractivity contribution in [3.05, 3.63) is 21.4 Å². The molecule has 0 atom stereocenters. The Morgan fingerprint density at radius 2 is 2.05 bits per heavy atom. The minimum atomic E-state index is 0.274. The summed E-state index contributed by atoms with van der Waals surface area (Å²) >= 11 is 5.25. The van der Waals surface area contributed by atoms with Gasteiger partial charge >= 0.3 is 0 Å². The number of halogens is 1. The lowest BCUT2D eigenvalue weighted by atomic mass is 9.94. The van der Waals surface area contributed by atoms with E-state index in [1.807, 2.05) is 0 Å². The van der Waals surface area contributed by atoms with Gasteiger partial charge in [0.25, 0.3) is 5.91 Å². The molecular formula is C16H22BrNOS. The first kappa shape index (κ1) is 14.6. The van der Waals surface area contributed by atoms with Crippen molar-refractivity contribution in [1.82, 2.24) is 4.90 Å². The van der Waals surface area contributed by atoms with Crippen molar-refractivity contribution in [3.63, 3.8) is 0 Å². The van der Waals surface area contributed by atoms with E-state index in [0.29, 0.717) is 6.04 Å². The van der Waals surface area contributed by atoms with Gasteiger partial charge in [-0.1, -0.05) is 35.2 Å². The van der Waals surface area contributed by atoms with Gasteiger partial charge in [-0.25, -0.2) is 0 Å². The molecular weight excluding hydrogens is 334 g/mol. The third-order valence-corrected chi connectivity index (χ3v) is 6.14. The third kappa shape index (κ3) is 2.96. The number of fused-ring (bicyclic) bond motifs is 1. The van der Waals surface area contributed by atoms with Crippen LogP contribution in [0.2, 0.25) is 0 Å². The number of carbonyl (C=O) groups excluding carboxylic acids is 1. The van der Waals surface area contributed by atoms with E-state index >= 15 is 0 Å². The molecule has 0 N–H and O–H groups in total. The van der Waals surface area contributed by atoms with Gasteiger partial charge in [-0.2, -0.15) is 0 Å². The van der Waals surface area contributed by atoms with Crippen molar-refractivity contribution in [2.45, 2.75) is 57.4 Å². The number of alkyl halides is 1. The number of amides is 1. The molecule has 0 bridgehead atoms. The van der Waals surface area contributed by atoms with Crippen molar-refractivity contribution in [2.24, 2.45) is 0 Å². The zero-order chi connectivity index (χ0) is 13.9. The zero-order valence-corrected chi connectivity index (χ0v) is 14.3. The summed E-state index contributed by atoms with van der Waals surface area (Å²) in [6.07, 6.45) is 9.86. The Balaban J connectivity index is 1.76. The molecule has 20 heavy (non-hydrogen) atoms. The first-order valence-corrected chi connectivity index (χ1v) is 9.72. The zero-order valence-electron chi connectivity index (χ0n) is 11.9. The van der Waals surface area contributed by atoms with Crippen LogP contribution in [0.5, 0.6) is 0 Å². The first-order valence-electron chi connectivity index (χ1n) is 7.78. The molecule has 2 nitrogen and oxygen atoms in total. The van der Waals surface area contributed by atoms with Gasteiger partial charge in [0.15, 0.2) is 0 Å². The van der Waals surface area contributed by atoms with E-state index in [4.69, 9.17) is 0 Å². The molecule has 0 spiro atoms. The summed E-state index contributed by atoms with van der Waals surface area (Å²) < 4.78 is 0. The molecule has 1 amide bonds. The highest BCUT2D eigenvalue weighted by Gasteiger charge is 2.28. The maximum absolute atomic E-state index is 12.9. The molecule has 0 unspecified atom stereocenters. The lowest BCUT2D eigenvalue weighted by molar-refractivity contribution is 0.0656. The number of rotatable bonds is 4. The summed E-state index contributed by atoms with van der Waals surface area (Å²) in [6, 6.07) is 2.63. The molecule has 1 aromatic rings. The second kappa shape index (κ2) is 6.61. The topological polar surface area (TPSA) is 20.3 Å². The third-order valence-electron chi connectivity index (χ3n) is 4.56. The Bertz CT molecular complexity index is 457. The van der Waals surface area contributed by atoms with Gasteiger partial charge in [-0.3, -0.25) is 4.79 Å². The molecule has 0 radical (unpaired) electrons. The van der Waals surface area contributed by atoms with Crippen molar-refractivity contribution in [3.8, 4) is 0 Å². The minimum absolute atomic E-state index is 0.274. The fraction of sp³-hybridized carbons (Fsp3) is 0.688. The van der Waals surface area contributed by atoms with Crippen LogP contribution in [0.3, 0.4) is 0 Å². The lowest BCUT2D eigenvalue weighted by Crippen LogP contribution is -2.42. The summed E-state index contributed by atoms with van der Waals surface area (Å²) in [5.74, 6) is 0.274. The van der Waals surface area contributed by atoms with Crippen LogP contribution in [-0.2, 0) is 12.8 Å². The summed E-state index contributed by atoms with van der Waals surface area (Å²) in [6.45, 7) is 0.839. The Kier molecular flexibility index (Phi) is 4.82. The SMILES string of the molecule is O=C(c1cc2c(s1)CCC2)N(CCBr)C1CCCCC1. The number of carbonyl (C=O) groups is 1. The van der Waals surface area contributed by atoms with Crippen LogP contribution in [0, 0.1) is 0 Å². The van der Waals surface area contributed by atoms with Crippen LogP contribution in [0.15, 0.2) is 6.07 Å². The number of hydrogen-bond donors (Lipinski definition) is 0. The Labute approximate surface area is 133 Å². The minimum Gasteiger partial charge on any atom is -0.334 e. The Hall–Kier alpha value is -0.350. The average molecular weight is 356 g/mol. The van der Waals surface area contributed by atoms with Crippen LogP contribution >= 0.6 is 27.3 Å². The van der Waals surface area contributed by atoms with Gasteiger partial charge in [0, 0.05) is 22.8 Å². The molecule has 2 aliphatic carbocycles. The van der Waals surface area contributed by atoms with Crippen molar-refractivity contribution in [2.75, 3.05) is 11.9 Å². The van der Waals surface area contributed by atoms with Gasteiger partial charge in [0.05, 0.1) is 4.88 Å². The van der Waals surface area contributed by atoms with E-state index < -0.39 is 0 Å². The molecule has 0 saturated heterocycles. The molecule has 0 aromatic carbocycles. The van der Waals surface area contributed by atoms with Gasteiger partial charge in [0.2, 0.25) is 0 Å². The fourth-order valence-corrected chi connectivity index (χ4v) is 5.10. The smallest absolute Gasteiger partial charge is 0.264 e. The maximum Gasteiger partial charge on any atom is 0.264 e. The van der Waals surface area contributed by atoms with Crippen molar-refractivity contribution in [1.29, 1.82) is 0 Å². The number of thiophene rings is 1. The highest BCUT2D eigenvalue weighted by molar-refractivity contribution is 9.09. The molecule has 0 aliphatic heterocycles. The summed E-state index contributed by atoms with van der Waals surface area (Å²) in [5.41, 5.74) is 1.43. The number of aryl methyl sites for hydroxylation is 2. The van der Waals surface area contributed by atoms with Crippen molar-refractivity contribution < 1.29 is 4.79 Å². The highest BCUT2D eigenvalue weighted by Crippen LogP contribution is 2.32. The van der Waals surface area contributed by atoms with E-state index in [1.165, 1.54) is 61.8 Å². The Morgan fingerprint density at radius 3 is 2.75 bits per heavy atom. The highest BCUT2D eigenvalue weighted by atomic mass is 79.9. The van der Waals surface area contributed by atoms with Gasteiger partial charge in [-0.15, -0.1) is 11.3 Å². The molecule has 1 heterocycles. The van der Waals surface area contributed by atoms with E-state index in [9.17, 15) is 4.79 Å². The van der Waals surface area contributed by atoms with Crippen LogP contribution < -0.4 is 0 Å². The fourth-order valence-electron chi connectivity index (χ4n) is 3.51. The van der Waals surface area contributed by atoms with Gasteiger partial charge < -0.3 is 4.90 Å². The van der Waals surface area contributed by atoms with Gasteiger partial charge in [-0.05, 0) is 43.7 Å². The largest absolute Gasteiger partial charge is 0.334 e.